The second kappa shape index (κ2) is 12.1. The van der Waals surface area contributed by atoms with E-state index in [-0.39, 0.29) is 55.5 Å². The zero-order valence-electron chi connectivity index (χ0n) is 24.6. The lowest BCUT2D eigenvalue weighted by atomic mass is 9.79. The maximum absolute atomic E-state index is 14.0. The van der Waals surface area contributed by atoms with Crippen molar-refractivity contribution in [3.8, 4) is 0 Å². The normalized spacial score (nSPS) is 21.5. The van der Waals surface area contributed by atoms with Crippen LogP contribution in [0.25, 0.3) is 5.65 Å². The molecule has 0 aliphatic heterocycles. The first-order valence-electron chi connectivity index (χ1n) is 15.3. The van der Waals surface area contributed by atoms with Crippen LogP contribution in [0, 0.1) is 17.8 Å². The molecule has 0 spiro atoms. The number of rotatable bonds is 11. The van der Waals surface area contributed by atoms with Crippen molar-refractivity contribution in [2.24, 2.45) is 17.8 Å². The molecule has 0 radical (unpaired) electrons. The molecule has 2 N–H and O–H groups in total. The van der Waals surface area contributed by atoms with E-state index in [1.54, 1.807) is 18.5 Å². The van der Waals surface area contributed by atoms with E-state index in [1.807, 2.05) is 0 Å². The highest BCUT2D eigenvalue weighted by molar-refractivity contribution is 5.92. The number of aryl methyl sites for hydroxylation is 1. The molecule has 10 nitrogen and oxygen atoms in total. The number of imidazole rings is 1. The van der Waals surface area contributed by atoms with E-state index in [2.05, 4.69) is 31.0 Å². The molecule has 3 aromatic rings. The standard InChI is InChI=1S/C29H33F7N8O2/c30-27(31)5-3-18(4-6-27)25(41-26(46)21-14-37-42-43(21)8-7-29(34,35)36)20-15-44-22(39-20)10-19(13-38-44)24(17-1-2-17)40-23(45)9-16-11-28(32,33)12-16/h10,13-18,24-25H,1-9,11-12H2,(H,40,45)(H,41,46)/t24-,25-/m0/s1. The van der Waals surface area contributed by atoms with Gasteiger partial charge in [0.15, 0.2) is 5.65 Å². The Morgan fingerprint density at radius 1 is 0.957 bits per heavy atom. The highest BCUT2D eigenvalue weighted by Crippen LogP contribution is 2.45. The van der Waals surface area contributed by atoms with Gasteiger partial charge < -0.3 is 10.6 Å². The summed E-state index contributed by atoms with van der Waals surface area (Å²) in [7, 11) is 0. The zero-order chi connectivity index (χ0) is 32.9. The number of nitrogens with zero attached hydrogens (tertiary/aromatic N) is 6. The van der Waals surface area contributed by atoms with Gasteiger partial charge in [-0.25, -0.2) is 31.7 Å². The van der Waals surface area contributed by atoms with Gasteiger partial charge in [-0.05, 0) is 55.1 Å². The fourth-order valence-corrected chi connectivity index (χ4v) is 6.43. The van der Waals surface area contributed by atoms with E-state index >= 15 is 0 Å². The summed E-state index contributed by atoms with van der Waals surface area (Å²) in [6, 6.07) is 0.451. The van der Waals surface area contributed by atoms with E-state index < -0.39 is 67.7 Å². The van der Waals surface area contributed by atoms with Gasteiger partial charge in [0.05, 0.1) is 49.3 Å². The number of alkyl halides is 7. The van der Waals surface area contributed by atoms with Gasteiger partial charge in [0.25, 0.3) is 5.91 Å². The Morgan fingerprint density at radius 3 is 2.30 bits per heavy atom. The number of hydrogen-bond donors (Lipinski definition) is 2. The van der Waals surface area contributed by atoms with E-state index in [0.717, 1.165) is 23.7 Å². The van der Waals surface area contributed by atoms with Crippen molar-refractivity contribution < 1.29 is 40.3 Å². The lowest BCUT2D eigenvalue weighted by Crippen LogP contribution is -2.39. The Kier molecular flexibility index (Phi) is 8.46. The van der Waals surface area contributed by atoms with E-state index in [1.165, 1.54) is 4.52 Å². The van der Waals surface area contributed by atoms with Crippen molar-refractivity contribution in [3.05, 3.63) is 41.6 Å². The summed E-state index contributed by atoms with van der Waals surface area (Å²) in [4.78, 5) is 30.7. The number of aromatic nitrogens is 6. The van der Waals surface area contributed by atoms with E-state index in [0.29, 0.717) is 16.9 Å². The number of fused-ring (bicyclic) bond motifs is 1. The Labute approximate surface area is 258 Å². The van der Waals surface area contributed by atoms with Crippen molar-refractivity contribution in [2.45, 2.75) is 101 Å². The topological polar surface area (TPSA) is 119 Å². The molecule has 3 aliphatic carbocycles. The summed E-state index contributed by atoms with van der Waals surface area (Å²) in [6.45, 7) is -0.626. The maximum atomic E-state index is 14.0. The third kappa shape index (κ3) is 7.60. The fourth-order valence-electron chi connectivity index (χ4n) is 6.43. The molecule has 3 aliphatic rings. The van der Waals surface area contributed by atoms with Gasteiger partial charge in [0, 0.05) is 32.1 Å². The third-order valence-corrected chi connectivity index (χ3v) is 9.07. The molecule has 2 amide bonds. The van der Waals surface area contributed by atoms with Crippen LogP contribution in [0.2, 0.25) is 0 Å². The number of nitrogens with one attached hydrogen (secondary N) is 2. The van der Waals surface area contributed by atoms with Crippen LogP contribution in [0.5, 0.6) is 0 Å². The SMILES string of the molecule is O=C(CC1CC(F)(F)C1)N[C@H](c1cnn2cc([C@@H](NC(=O)c3cnnn3CCC(F)(F)F)C3CCC(F)(F)CC3)nc2c1)C1CC1. The quantitative estimate of drug-likeness (QED) is 0.260. The van der Waals surface area contributed by atoms with E-state index in [9.17, 15) is 40.3 Å². The molecule has 3 aromatic heterocycles. The predicted octanol–water partition coefficient (Wildman–Crippen LogP) is 5.57. The molecule has 17 heteroatoms. The fraction of sp³-hybridized carbons (Fsp3) is 0.655. The van der Waals surface area contributed by atoms with Gasteiger partial charge in [-0.15, -0.1) is 5.10 Å². The molecule has 6 rings (SSSR count). The first-order chi connectivity index (χ1) is 21.6. The van der Waals surface area contributed by atoms with Gasteiger partial charge in [0.1, 0.15) is 5.69 Å². The van der Waals surface area contributed by atoms with Crippen LogP contribution in [0.3, 0.4) is 0 Å². The van der Waals surface area contributed by atoms with Crippen LogP contribution in [-0.4, -0.2) is 59.4 Å². The number of carbonyl (C=O) groups is 2. The van der Waals surface area contributed by atoms with Crippen LogP contribution in [0.4, 0.5) is 30.7 Å². The van der Waals surface area contributed by atoms with Crippen molar-refractivity contribution in [1.82, 2.24) is 40.2 Å². The third-order valence-electron chi connectivity index (χ3n) is 9.07. The van der Waals surface area contributed by atoms with Gasteiger partial charge in [-0.3, -0.25) is 9.59 Å². The van der Waals surface area contributed by atoms with Crippen LogP contribution in [0.1, 0.15) is 98.0 Å². The smallest absolute Gasteiger partial charge is 0.349 e. The molecule has 3 fully saturated rings. The minimum absolute atomic E-state index is 0.00838. The van der Waals surface area contributed by atoms with Gasteiger partial charge >= 0.3 is 6.18 Å². The van der Waals surface area contributed by atoms with Crippen LogP contribution in [-0.2, 0) is 11.3 Å². The molecular weight excluding hydrogens is 625 g/mol. The molecule has 0 saturated heterocycles. The lowest BCUT2D eigenvalue weighted by molar-refractivity contribution is -0.137. The number of carbonyl (C=O) groups excluding carboxylic acids is 2. The predicted molar refractivity (Wildman–Crippen MR) is 147 cm³/mol. The van der Waals surface area contributed by atoms with Crippen molar-refractivity contribution in [1.29, 1.82) is 0 Å². The number of halogens is 7. The molecule has 0 aromatic carbocycles. The summed E-state index contributed by atoms with van der Waals surface area (Å²) >= 11 is 0. The number of amides is 2. The van der Waals surface area contributed by atoms with Crippen molar-refractivity contribution in [2.75, 3.05) is 0 Å². The molecule has 0 unspecified atom stereocenters. The van der Waals surface area contributed by atoms with Crippen molar-refractivity contribution >= 4 is 17.5 Å². The second-order valence-corrected chi connectivity index (χ2v) is 12.8. The molecule has 3 heterocycles. The first-order valence-corrected chi connectivity index (χ1v) is 15.3. The molecule has 2 atom stereocenters. The number of hydrogen-bond acceptors (Lipinski definition) is 6. The summed E-state index contributed by atoms with van der Waals surface area (Å²) in [5.41, 5.74) is 1.13. The Hall–Kier alpha value is -3.79. The largest absolute Gasteiger partial charge is 0.390 e. The Morgan fingerprint density at radius 2 is 1.65 bits per heavy atom. The molecule has 3 saturated carbocycles. The molecule has 0 bridgehead atoms. The molecular formula is C29H33F7N8O2. The average Bonchev–Trinajstić information content (AvgIpc) is 3.52. The van der Waals surface area contributed by atoms with Gasteiger partial charge in [0.2, 0.25) is 17.8 Å². The summed E-state index contributed by atoms with van der Waals surface area (Å²) in [5.74, 6) is -7.32. The highest BCUT2D eigenvalue weighted by atomic mass is 19.4. The highest BCUT2D eigenvalue weighted by Gasteiger charge is 2.46. The summed E-state index contributed by atoms with van der Waals surface area (Å²) in [6.07, 6.45) is -1.06. The Bertz CT molecular complexity index is 1570. The van der Waals surface area contributed by atoms with Gasteiger partial charge in [-0.1, -0.05) is 5.21 Å². The minimum atomic E-state index is -4.48. The minimum Gasteiger partial charge on any atom is -0.349 e. The monoisotopic (exact) mass is 658 g/mol. The zero-order valence-corrected chi connectivity index (χ0v) is 24.6. The second-order valence-electron chi connectivity index (χ2n) is 12.8. The lowest BCUT2D eigenvalue weighted by Gasteiger charge is -2.34. The van der Waals surface area contributed by atoms with Crippen LogP contribution >= 0.6 is 0 Å². The Balaban J connectivity index is 1.22. The average molecular weight is 659 g/mol. The summed E-state index contributed by atoms with van der Waals surface area (Å²) in [5, 5.41) is 17.4. The van der Waals surface area contributed by atoms with Crippen LogP contribution < -0.4 is 10.6 Å². The van der Waals surface area contributed by atoms with E-state index in [4.69, 9.17) is 0 Å². The summed E-state index contributed by atoms with van der Waals surface area (Å²) < 4.78 is 95.3. The first kappa shape index (κ1) is 32.2. The molecule has 46 heavy (non-hydrogen) atoms. The van der Waals surface area contributed by atoms with Crippen molar-refractivity contribution in [3.63, 3.8) is 0 Å². The maximum Gasteiger partial charge on any atom is 0.390 e. The molecule has 250 valence electrons. The van der Waals surface area contributed by atoms with Gasteiger partial charge in [-0.2, -0.15) is 18.3 Å². The van der Waals surface area contributed by atoms with Crippen LogP contribution in [0.15, 0.2) is 24.7 Å².